The van der Waals surface area contributed by atoms with E-state index in [1.54, 1.807) is 30.5 Å². The number of aliphatic imine (C=N–C) groups is 1. The highest BCUT2D eigenvalue weighted by atomic mass is 32.2. The Morgan fingerprint density at radius 3 is 2.83 bits per heavy atom. The average Bonchev–Trinajstić information content (AvgIpc) is 3.08. The van der Waals surface area contributed by atoms with E-state index in [1.165, 1.54) is 6.20 Å². The predicted molar refractivity (Wildman–Crippen MR) is 88.0 cm³/mol. The number of anilines is 1. The number of H-pyrrole nitrogens is 1. The largest absolute Gasteiger partial charge is 0.325 e. The summed E-state index contributed by atoms with van der Waals surface area (Å²) in [6, 6.07) is 6.81. The summed E-state index contributed by atoms with van der Waals surface area (Å²) in [5.74, 6) is -3.71. The van der Waals surface area contributed by atoms with E-state index < -0.39 is 23.6 Å². The third-order valence-corrected chi connectivity index (χ3v) is 3.83. The summed E-state index contributed by atoms with van der Waals surface area (Å²) in [6.07, 6.45) is 3.21. The molecule has 0 bridgehead atoms. The van der Waals surface area contributed by atoms with Crippen LogP contribution in [-0.2, 0) is 14.4 Å². The van der Waals surface area contributed by atoms with E-state index in [0.29, 0.717) is 11.4 Å². The number of nitrogens with zero attached hydrogens (tertiary/aromatic N) is 3. The van der Waals surface area contributed by atoms with Crippen molar-refractivity contribution >= 4 is 40.3 Å². The Balaban J connectivity index is 1.78. The van der Waals surface area contributed by atoms with Crippen molar-refractivity contribution in [2.24, 2.45) is 10.9 Å². The number of amidine groups is 1. The van der Waals surface area contributed by atoms with Crippen molar-refractivity contribution in [3.05, 3.63) is 30.5 Å². The molecule has 1 aromatic heterocycles. The Kier molecular flexibility index (Phi) is 4.38. The van der Waals surface area contributed by atoms with Crippen molar-refractivity contribution in [3.63, 3.8) is 0 Å². The van der Waals surface area contributed by atoms with Crippen LogP contribution in [0.25, 0.3) is 11.3 Å². The third kappa shape index (κ3) is 3.18. The number of thioether (sulfide) groups is 1. The normalized spacial score (nSPS) is 17.2. The molecule has 122 valence electrons. The summed E-state index contributed by atoms with van der Waals surface area (Å²) < 4.78 is 0. The van der Waals surface area contributed by atoms with E-state index in [0.717, 1.165) is 17.3 Å². The quantitative estimate of drug-likeness (QED) is 0.691. The van der Waals surface area contributed by atoms with Gasteiger partial charge in [-0.3, -0.25) is 14.4 Å². The number of benzene rings is 1. The molecule has 0 saturated heterocycles. The Morgan fingerprint density at radius 1 is 1.33 bits per heavy atom. The molecule has 3 amide bonds. The minimum Gasteiger partial charge on any atom is -0.325 e. The Labute approximate surface area is 140 Å². The average molecular weight is 344 g/mol. The molecule has 0 aliphatic carbocycles. The summed E-state index contributed by atoms with van der Waals surface area (Å²) in [6.45, 7) is 0. The third-order valence-electron chi connectivity index (χ3n) is 3.25. The van der Waals surface area contributed by atoms with Gasteiger partial charge in [0.25, 0.3) is 5.91 Å². The second-order valence-electron chi connectivity index (χ2n) is 4.81. The number of carbonyl (C=O) groups is 3. The fraction of sp³-hybridized carbons (Fsp3) is 0.143. The number of hydrogen-bond acceptors (Lipinski definition) is 6. The van der Waals surface area contributed by atoms with Gasteiger partial charge in [-0.15, -0.1) is 0 Å². The molecular formula is C14H12N6O3S. The van der Waals surface area contributed by atoms with E-state index in [-0.39, 0.29) is 5.17 Å². The maximum atomic E-state index is 12.3. The zero-order valence-electron chi connectivity index (χ0n) is 12.4. The summed E-state index contributed by atoms with van der Waals surface area (Å²) in [5.41, 5.74) is 1.76. The topological polar surface area (TPSA) is 129 Å². The molecule has 1 aromatic carbocycles. The lowest BCUT2D eigenvalue weighted by Gasteiger charge is -2.18. The van der Waals surface area contributed by atoms with Crippen LogP contribution in [0.4, 0.5) is 5.69 Å². The molecular weight excluding hydrogens is 332 g/mol. The highest BCUT2D eigenvalue weighted by Gasteiger charge is 2.38. The molecule has 10 heteroatoms. The van der Waals surface area contributed by atoms with Crippen LogP contribution in [0.3, 0.4) is 0 Å². The number of rotatable bonds is 3. The van der Waals surface area contributed by atoms with Crippen LogP contribution in [0.5, 0.6) is 0 Å². The lowest BCUT2D eigenvalue weighted by Crippen LogP contribution is -2.48. The fourth-order valence-electron chi connectivity index (χ4n) is 2.12. The van der Waals surface area contributed by atoms with E-state index in [2.05, 4.69) is 31.0 Å². The lowest BCUT2D eigenvalue weighted by molar-refractivity contribution is -0.139. The molecule has 3 N–H and O–H groups in total. The van der Waals surface area contributed by atoms with Gasteiger partial charge in [0.2, 0.25) is 11.8 Å². The number of carbonyl (C=O) groups excluding carboxylic acids is 3. The highest BCUT2D eigenvalue weighted by Crippen LogP contribution is 2.21. The Hall–Kier alpha value is -3.01. The summed E-state index contributed by atoms with van der Waals surface area (Å²) in [4.78, 5) is 39.8. The Bertz CT molecular complexity index is 833. The number of aromatic amines is 1. The molecule has 2 aromatic rings. The molecule has 9 nitrogen and oxygen atoms in total. The molecule has 1 aliphatic heterocycles. The summed E-state index contributed by atoms with van der Waals surface area (Å²) in [7, 11) is 0. The van der Waals surface area contributed by atoms with Crippen molar-refractivity contribution in [2.75, 3.05) is 11.6 Å². The van der Waals surface area contributed by atoms with Gasteiger partial charge >= 0.3 is 0 Å². The first-order valence-corrected chi connectivity index (χ1v) is 8.05. The first-order chi connectivity index (χ1) is 11.6. The number of hydrogen-bond donors (Lipinski definition) is 3. The van der Waals surface area contributed by atoms with Crippen molar-refractivity contribution < 1.29 is 14.4 Å². The van der Waals surface area contributed by atoms with E-state index in [4.69, 9.17) is 0 Å². The standard InChI is InChI=1S/C14H12N6O3S/c1-24-14-17-12(22)10(13(23)18-14)11(21)16-8-4-2-3-7(5-8)9-6-15-20-19-9/h2-6,10H,1H3,(H,16,21)(H,15,19,20)(H,17,18,22,23). The van der Waals surface area contributed by atoms with Crippen LogP contribution in [0.1, 0.15) is 0 Å². The van der Waals surface area contributed by atoms with Crippen LogP contribution < -0.4 is 10.6 Å². The first-order valence-electron chi connectivity index (χ1n) is 6.83. The van der Waals surface area contributed by atoms with Crippen molar-refractivity contribution in [2.45, 2.75) is 0 Å². The van der Waals surface area contributed by atoms with Crippen molar-refractivity contribution in [3.8, 4) is 11.3 Å². The molecule has 1 atom stereocenters. The minimum atomic E-state index is -1.50. The molecule has 1 aliphatic rings. The van der Waals surface area contributed by atoms with Crippen LogP contribution in [-0.4, -0.2) is 44.6 Å². The number of amides is 3. The van der Waals surface area contributed by atoms with E-state index in [9.17, 15) is 14.4 Å². The van der Waals surface area contributed by atoms with Gasteiger partial charge in [0.1, 0.15) is 5.69 Å². The molecule has 0 radical (unpaired) electrons. The van der Waals surface area contributed by atoms with E-state index >= 15 is 0 Å². The SMILES string of the molecule is CSC1=NC(=O)C(C(=O)Nc2cccc(-c3cn[nH]n3)c2)C(=O)N1. The molecule has 0 fully saturated rings. The maximum absolute atomic E-state index is 12.3. The molecule has 0 spiro atoms. The fourth-order valence-corrected chi connectivity index (χ4v) is 2.51. The maximum Gasteiger partial charge on any atom is 0.270 e. The van der Waals surface area contributed by atoms with Gasteiger partial charge in [0.15, 0.2) is 11.1 Å². The predicted octanol–water partition coefficient (Wildman–Crippen LogP) is 0.402. The van der Waals surface area contributed by atoms with Gasteiger partial charge < -0.3 is 10.6 Å². The van der Waals surface area contributed by atoms with Gasteiger partial charge in [-0.2, -0.15) is 20.4 Å². The summed E-state index contributed by atoms with van der Waals surface area (Å²) >= 11 is 1.12. The van der Waals surface area contributed by atoms with Gasteiger partial charge in [0, 0.05) is 11.3 Å². The zero-order chi connectivity index (χ0) is 17.1. The summed E-state index contributed by atoms with van der Waals surface area (Å²) in [5, 5.41) is 15.3. The van der Waals surface area contributed by atoms with E-state index in [1.807, 2.05) is 0 Å². The van der Waals surface area contributed by atoms with Gasteiger partial charge in [-0.05, 0) is 18.4 Å². The van der Waals surface area contributed by atoms with Crippen molar-refractivity contribution in [1.29, 1.82) is 0 Å². The Morgan fingerprint density at radius 2 is 2.17 bits per heavy atom. The van der Waals surface area contributed by atoms with Gasteiger partial charge in [-0.25, -0.2) is 0 Å². The second kappa shape index (κ2) is 6.62. The zero-order valence-corrected chi connectivity index (χ0v) is 13.3. The van der Waals surface area contributed by atoms with Crippen LogP contribution in [0.2, 0.25) is 0 Å². The molecule has 3 rings (SSSR count). The molecule has 2 heterocycles. The van der Waals surface area contributed by atoms with Crippen LogP contribution in [0, 0.1) is 5.92 Å². The molecule has 24 heavy (non-hydrogen) atoms. The van der Waals surface area contributed by atoms with Gasteiger partial charge in [0.05, 0.1) is 6.20 Å². The number of nitrogens with one attached hydrogen (secondary N) is 3. The molecule has 0 saturated carbocycles. The molecule has 1 unspecified atom stereocenters. The second-order valence-corrected chi connectivity index (χ2v) is 5.60. The monoisotopic (exact) mass is 344 g/mol. The van der Waals surface area contributed by atoms with Crippen LogP contribution in [0.15, 0.2) is 35.5 Å². The number of aromatic nitrogens is 3. The highest BCUT2D eigenvalue weighted by molar-refractivity contribution is 8.13. The first kappa shape index (κ1) is 15.9. The van der Waals surface area contributed by atoms with Crippen molar-refractivity contribution in [1.82, 2.24) is 20.7 Å². The van der Waals surface area contributed by atoms with Crippen LogP contribution >= 0.6 is 11.8 Å². The van der Waals surface area contributed by atoms with Gasteiger partial charge in [-0.1, -0.05) is 23.9 Å². The smallest absolute Gasteiger partial charge is 0.270 e. The minimum absolute atomic E-state index is 0.182. The lowest BCUT2D eigenvalue weighted by atomic mass is 10.1.